The van der Waals surface area contributed by atoms with Crippen molar-refractivity contribution in [1.29, 1.82) is 0 Å². The summed E-state index contributed by atoms with van der Waals surface area (Å²) in [7, 11) is 1.47. The number of fused-ring (bicyclic) bond motifs is 1. The Balaban J connectivity index is 2.74. The van der Waals surface area contributed by atoms with Crippen molar-refractivity contribution in [3.8, 4) is 0 Å². The summed E-state index contributed by atoms with van der Waals surface area (Å²) in [6, 6.07) is 3.96. The Hall–Kier alpha value is -2.17. The van der Waals surface area contributed by atoms with Crippen LogP contribution in [0.5, 0.6) is 0 Å². The molecular formula is C12H11FN2O2. The maximum atomic E-state index is 13.3. The van der Waals surface area contributed by atoms with Crippen molar-refractivity contribution in [2.24, 2.45) is 0 Å². The first kappa shape index (κ1) is 11.3. The highest BCUT2D eigenvalue weighted by molar-refractivity contribution is 6.08. The zero-order valence-corrected chi connectivity index (χ0v) is 9.43. The highest BCUT2D eigenvalue weighted by Gasteiger charge is 2.14. The van der Waals surface area contributed by atoms with E-state index in [2.05, 4.69) is 10.3 Å². The summed E-state index contributed by atoms with van der Waals surface area (Å²) < 4.78 is 13.3. The van der Waals surface area contributed by atoms with Gasteiger partial charge in [0.05, 0.1) is 16.8 Å². The van der Waals surface area contributed by atoms with Crippen LogP contribution in [0.4, 0.5) is 4.39 Å². The number of halogens is 1. The molecule has 0 unspecified atom stereocenters. The summed E-state index contributed by atoms with van der Waals surface area (Å²) in [5.74, 6) is -1.07. The second kappa shape index (κ2) is 4.01. The molecule has 4 nitrogen and oxygen atoms in total. The summed E-state index contributed by atoms with van der Waals surface area (Å²) in [4.78, 5) is 25.6. The molecule has 0 bridgehead atoms. The van der Waals surface area contributed by atoms with Gasteiger partial charge in [-0.25, -0.2) is 4.39 Å². The van der Waals surface area contributed by atoms with E-state index in [1.165, 1.54) is 26.1 Å². The second-order valence-corrected chi connectivity index (χ2v) is 3.74. The number of carbonyl (C=O) groups is 2. The van der Waals surface area contributed by atoms with Crippen molar-refractivity contribution in [3.63, 3.8) is 0 Å². The number of benzene rings is 1. The Kier molecular flexibility index (Phi) is 2.67. The molecule has 1 amide bonds. The van der Waals surface area contributed by atoms with Gasteiger partial charge in [0.15, 0.2) is 5.78 Å². The number of hydrogen-bond donors (Lipinski definition) is 2. The number of nitrogens with one attached hydrogen (secondary N) is 2. The van der Waals surface area contributed by atoms with E-state index in [9.17, 15) is 14.0 Å². The SMILES string of the molecule is CNC(=O)c1cc(F)cc2cc(C(C)=O)[nH]c12. The Morgan fingerprint density at radius 2 is 2.00 bits per heavy atom. The predicted molar refractivity (Wildman–Crippen MR) is 61.7 cm³/mol. The highest BCUT2D eigenvalue weighted by atomic mass is 19.1. The second-order valence-electron chi connectivity index (χ2n) is 3.74. The molecule has 0 saturated heterocycles. The van der Waals surface area contributed by atoms with E-state index in [1.807, 2.05) is 0 Å². The predicted octanol–water partition coefficient (Wildman–Crippen LogP) is 1.87. The van der Waals surface area contributed by atoms with Crippen LogP contribution in [0.15, 0.2) is 18.2 Å². The number of rotatable bonds is 2. The maximum Gasteiger partial charge on any atom is 0.253 e. The van der Waals surface area contributed by atoms with Gasteiger partial charge in [0.1, 0.15) is 5.82 Å². The number of H-pyrrole nitrogens is 1. The first-order valence-corrected chi connectivity index (χ1v) is 5.08. The summed E-state index contributed by atoms with van der Waals surface area (Å²) in [6.45, 7) is 1.40. The van der Waals surface area contributed by atoms with E-state index >= 15 is 0 Å². The van der Waals surface area contributed by atoms with Crippen LogP contribution in [-0.2, 0) is 0 Å². The van der Waals surface area contributed by atoms with Crippen molar-refractivity contribution in [3.05, 3.63) is 35.3 Å². The van der Waals surface area contributed by atoms with Gasteiger partial charge in [-0.1, -0.05) is 0 Å². The average molecular weight is 234 g/mol. The topological polar surface area (TPSA) is 62.0 Å². The fourth-order valence-electron chi connectivity index (χ4n) is 1.71. The van der Waals surface area contributed by atoms with Crippen LogP contribution in [0.2, 0.25) is 0 Å². The van der Waals surface area contributed by atoms with Gasteiger partial charge in [0, 0.05) is 19.4 Å². The van der Waals surface area contributed by atoms with Crippen molar-refractivity contribution in [1.82, 2.24) is 10.3 Å². The Bertz CT molecular complexity index is 616. The molecule has 1 aromatic heterocycles. The third-order valence-corrected chi connectivity index (χ3v) is 2.54. The number of hydrogen-bond acceptors (Lipinski definition) is 2. The third kappa shape index (κ3) is 1.91. The molecule has 2 aromatic rings. The molecule has 0 saturated carbocycles. The molecular weight excluding hydrogens is 223 g/mol. The molecule has 0 aliphatic carbocycles. The molecule has 0 radical (unpaired) electrons. The van der Waals surface area contributed by atoms with Gasteiger partial charge >= 0.3 is 0 Å². The number of Topliss-reactive ketones (excluding diaryl/α,β-unsaturated/α-hetero) is 1. The van der Waals surface area contributed by atoms with Crippen LogP contribution in [0.3, 0.4) is 0 Å². The quantitative estimate of drug-likeness (QED) is 0.779. The van der Waals surface area contributed by atoms with Crippen molar-refractivity contribution < 1.29 is 14.0 Å². The lowest BCUT2D eigenvalue weighted by atomic mass is 10.1. The van der Waals surface area contributed by atoms with Crippen molar-refractivity contribution in [2.75, 3.05) is 7.05 Å². The molecule has 88 valence electrons. The molecule has 1 aromatic carbocycles. The standard InChI is InChI=1S/C12H11FN2O2/c1-6(16)10-4-7-3-8(13)5-9(11(7)15-10)12(17)14-2/h3-5,15H,1-2H3,(H,14,17). The van der Waals surface area contributed by atoms with E-state index in [4.69, 9.17) is 0 Å². The molecule has 17 heavy (non-hydrogen) atoms. The number of amides is 1. The van der Waals surface area contributed by atoms with Gasteiger partial charge in [-0.3, -0.25) is 9.59 Å². The Morgan fingerprint density at radius 1 is 1.29 bits per heavy atom. The normalized spacial score (nSPS) is 10.5. The van der Waals surface area contributed by atoms with Gasteiger partial charge in [0.25, 0.3) is 5.91 Å². The maximum absolute atomic E-state index is 13.3. The van der Waals surface area contributed by atoms with E-state index < -0.39 is 11.7 Å². The van der Waals surface area contributed by atoms with E-state index in [-0.39, 0.29) is 11.3 Å². The average Bonchev–Trinajstić information content (AvgIpc) is 2.70. The van der Waals surface area contributed by atoms with Crippen LogP contribution >= 0.6 is 0 Å². The van der Waals surface area contributed by atoms with E-state index in [1.54, 1.807) is 0 Å². The van der Waals surface area contributed by atoms with Crippen LogP contribution in [-0.4, -0.2) is 23.7 Å². The highest BCUT2D eigenvalue weighted by Crippen LogP contribution is 2.21. The largest absolute Gasteiger partial charge is 0.355 e. The van der Waals surface area contributed by atoms with Crippen molar-refractivity contribution >= 4 is 22.6 Å². The first-order chi connectivity index (χ1) is 8.02. The summed E-state index contributed by atoms with van der Waals surface area (Å²) >= 11 is 0. The van der Waals surface area contributed by atoms with Gasteiger partial charge in [-0.2, -0.15) is 0 Å². The first-order valence-electron chi connectivity index (χ1n) is 5.08. The van der Waals surface area contributed by atoms with Crippen molar-refractivity contribution in [2.45, 2.75) is 6.92 Å². The monoisotopic (exact) mass is 234 g/mol. The molecule has 0 spiro atoms. The van der Waals surface area contributed by atoms with Gasteiger partial charge in [0.2, 0.25) is 0 Å². The van der Waals surface area contributed by atoms with E-state index in [0.717, 1.165) is 6.07 Å². The van der Waals surface area contributed by atoms with Gasteiger partial charge in [-0.15, -0.1) is 0 Å². The van der Waals surface area contributed by atoms with Crippen LogP contribution < -0.4 is 5.32 Å². The van der Waals surface area contributed by atoms with Crippen LogP contribution in [0.1, 0.15) is 27.8 Å². The number of aromatic nitrogens is 1. The lowest BCUT2D eigenvalue weighted by Crippen LogP contribution is -2.18. The smallest absolute Gasteiger partial charge is 0.253 e. The summed E-state index contributed by atoms with van der Waals surface area (Å²) in [6.07, 6.45) is 0. The third-order valence-electron chi connectivity index (χ3n) is 2.54. The Morgan fingerprint density at radius 3 is 2.59 bits per heavy atom. The zero-order chi connectivity index (χ0) is 12.6. The van der Waals surface area contributed by atoms with Crippen LogP contribution in [0, 0.1) is 5.82 Å². The fourth-order valence-corrected chi connectivity index (χ4v) is 1.71. The number of aromatic amines is 1. The minimum Gasteiger partial charge on any atom is -0.355 e. The molecule has 0 atom stereocenters. The van der Waals surface area contributed by atoms with Gasteiger partial charge < -0.3 is 10.3 Å². The molecule has 2 rings (SSSR count). The van der Waals surface area contributed by atoms with E-state index in [0.29, 0.717) is 16.6 Å². The molecule has 2 N–H and O–H groups in total. The Labute approximate surface area is 96.8 Å². The molecule has 0 aliphatic heterocycles. The minimum absolute atomic E-state index is 0.163. The summed E-state index contributed by atoms with van der Waals surface area (Å²) in [5.41, 5.74) is 1.02. The van der Waals surface area contributed by atoms with Crippen LogP contribution in [0.25, 0.3) is 10.9 Å². The molecule has 0 aliphatic rings. The lowest BCUT2D eigenvalue weighted by molar-refractivity contribution is 0.0962. The summed E-state index contributed by atoms with van der Waals surface area (Å²) in [5, 5.41) is 2.94. The molecule has 5 heteroatoms. The zero-order valence-electron chi connectivity index (χ0n) is 9.43. The molecule has 1 heterocycles. The minimum atomic E-state index is -0.509. The molecule has 0 fully saturated rings. The lowest BCUT2D eigenvalue weighted by Gasteiger charge is -2.02. The number of ketones is 1. The fraction of sp³-hybridized carbons (Fsp3) is 0.167. The van der Waals surface area contributed by atoms with Gasteiger partial charge in [-0.05, 0) is 18.2 Å². The number of carbonyl (C=O) groups excluding carboxylic acids is 2.